The fourth-order valence-corrected chi connectivity index (χ4v) is 3.41. The average Bonchev–Trinajstić information content (AvgIpc) is 3.26. The molecule has 0 atom stereocenters. The van der Waals surface area contributed by atoms with E-state index >= 15 is 0 Å². The van der Waals surface area contributed by atoms with E-state index in [1.54, 1.807) is 18.6 Å². The minimum atomic E-state index is -0.144. The number of aromatic amines is 1. The number of rotatable bonds is 8. The van der Waals surface area contributed by atoms with Crippen molar-refractivity contribution in [3.63, 3.8) is 0 Å². The van der Waals surface area contributed by atoms with Gasteiger partial charge in [-0.15, -0.1) is 0 Å². The number of imidazole rings is 1. The number of hydrogen-bond acceptors (Lipinski definition) is 4. The second-order valence-electron chi connectivity index (χ2n) is 7.16. The third kappa shape index (κ3) is 4.81. The fraction of sp³-hybridized carbons (Fsp3) is 0.217. The lowest BCUT2D eigenvalue weighted by molar-refractivity contribution is -0.121. The Hall–Kier alpha value is -3.74. The first-order valence-corrected chi connectivity index (χ1v) is 9.96. The summed E-state index contributed by atoms with van der Waals surface area (Å²) in [6.07, 6.45) is 6.98. The quantitative estimate of drug-likeness (QED) is 0.475. The highest BCUT2D eigenvalue weighted by Crippen LogP contribution is 2.11. The van der Waals surface area contributed by atoms with Crippen molar-refractivity contribution in [1.29, 1.82) is 0 Å². The van der Waals surface area contributed by atoms with Crippen molar-refractivity contribution < 1.29 is 4.79 Å². The summed E-state index contributed by atoms with van der Waals surface area (Å²) in [6, 6.07) is 15.3. The van der Waals surface area contributed by atoms with E-state index in [1.165, 1.54) is 0 Å². The maximum Gasteiger partial charge on any atom is 0.258 e. The first kappa shape index (κ1) is 19.6. The van der Waals surface area contributed by atoms with Gasteiger partial charge >= 0.3 is 0 Å². The van der Waals surface area contributed by atoms with E-state index in [4.69, 9.17) is 0 Å². The zero-order valence-corrected chi connectivity index (χ0v) is 16.5. The van der Waals surface area contributed by atoms with Gasteiger partial charge in [0.1, 0.15) is 5.82 Å². The zero-order valence-electron chi connectivity index (χ0n) is 16.5. The van der Waals surface area contributed by atoms with Crippen molar-refractivity contribution >= 4 is 16.8 Å². The standard InChI is InChI=1S/C23H23N5O2/c29-22(11-5-10-21-26-20-9-4-3-8-19(20)23(30)27-21)25-14-17-6-1-2-7-18(17)15-28-13-12-24-16-28/h1-4,6-9,12-13,16H,5,10-11,14-15H2,(H,25,29)(H,26,27,30). The number of hydrogen-bond donors (Lipinski definition) is 2. The molecule has 0 radical (unpaired) electrons. The number of aryl methyl sites for hydroxylation is 1. The summed E-state index contributed by atoms with van der Waals surface area (Å²) in [5, 5.41) is 3.57. The maximum absolute atomic E-state index is 12.3. The average molecular weight is 401 g/mol. The number of nitrogens with zero attached hydrogens (tertiary/aromatic N) is 3. The normalized spacial score (nSPS) is 10.9. The van der Waals surface area contributed by atoms with E-state index in [0.29, 0.717) is 49.1 Å². The highest BCUT2D eigenvalue weighted by molar-refractivity contribution is 5.77. The summed E-state index contributed by atoms with van der Waals surface area (Å²) < 4.78 is 2.00. The van der Waals surface area contributed by atoms with Crippen LogP contribution in [0.2, 0.25) is 0 Å². The molecular formula is C23H23N5O2. The molecular weight excluding hydrogens is 378 g/mol. The van der Waals surface area contributed by atoms with Gasteiger partial charge in [0.15, 0.2) is 0 Å². The second kappa shape index (κ2) is 9.17. The fourth-order valence-electron chi connectivity index (χ4n) is 3.41. The number of amides is 1. The van der Waals surface area contributed by atoms with Crippen LogP contribution < -0.4 is 10.9 Å². The molecule has 2 aromatic heterocycles. The highest BCUT2D eigenvalue weighted by atomic mass is 16.1. The van der Waals surface area contributed by atoms with Crippen LogP contribution in [0.15, 0.2) is 72.0 Å². The summed E-state index contributed by atoms with van der Waals surface area (Å²) in [4.78, 5) is 35.8. The summed E-state index contributed by atoms with van der Waals surface area (Å²) in [7, 11) is 0. The van der Waals surface area contributed by atoms with Gasteiger partial charge in [0.2, 0.25) is 5.91 Å². The Morgan fingerprint density at radius 2 is 1.87 bits per heavy atom. The first-order chi connectivity index (χ1) is 14.7. The van der Waals surface area contributed by atoms with Crippen molar-refractivity contribution in [2.75, 3.05) is 0 Å². The molecule has 0 aliphatic rings. The smallest absolute Gasteiger partial charge is 0.258 e. The van der Waals surface area contributed by atoms with Gasteiger partial charge < -0.3 is 14.9 Å². The van der Waals surface area contributed by atoms with Gasteiger partial charge in [-0.2, -0.15) is 0 Å². The van der Waals surface area contributed by atoms with Gasteiger partial charge in [-0.05, 0) is 29.7 Å². The van der Waals surface area contributed by atoms with Crippen LogP contribution in [0.3, 0.4) is 0 Å². The lowest BCUT2D eigenvalue weighted by Gasteiger charge is -2.11. The predicted octanol–water partition coefficient (Wildman–Crippen LogP) is 2.81. The van der Waals surface area contributed by atoms with Crippen LogP contribution in [0.4, 0.5) is 0 Å². The van der Waals surface area contributed by atoms with Crippen molar-refractivity contribution in [3.8, 4) is 0 Å². The topological polar surface area (TPSA) is 92.7 Å². The largest absolute Gasteiger partial charge is 0.352 e. The molecule has 152 valence electrons. The van der Waals surface area contributed by atoms with E-state index in [-0.39, 0.29) is 11.5 Å². The van der Waals surface area contributed by atoms with E-state index < -0.39 is 0 Å². The molecule has 7 nitrogen and oxygen atoms in total. The Morgan fingerprint density at radius 1 is 1.07 bits per heavy atom. The molecule has 0 aliphatic heterocycles. The molecule has 2 N–H and O–H groups in total. The van der Waals surface area contributed by atoms with Gasteiger partial charge in [-0.25, -0.2) is 9.97 Å². The Kier molecular flexibility index (Phi) is 5.98. The monoisotopic (exact) mass is 401 g/mol. The molecule has 30 heavy (non-hydrogen) atoms. The molecule has 0 unspecified atom stereocenters. The van der Waals surface area contributed by atoms with Gasteiger partial charge in [0.25, 0.3) is 5.56 Å². The van der Waals surface area contributed by atoms with Crippen LogP contribution in [0.1, 0.15) is 29.8 Å². The Labute approximate surface area is 173 Å². The number of benzene rings is 2. The summed E-state index contributed by atoms with van der Waals surface area (Å²) in [6.45, 7) is 1.20. The van der Waals surface area contributed by atoms with Crippen molar-refractivity contribution in [3.05, 3.63) is 94.6 Å². The maximum atomic E-state index is 12.3. The van der Waals surface area contributed by atoms with Crippen molar-refractivity contribution in [2.45, 2.75) is 32.4 Å². The van der Waals surface area contributed by atoms with Crippen LogP contribution in [0, 0.1) is 0 Å². The minimum Gasteiger partial charge on any atom is -0.352 e. The molecule has 4 rings (SSSR count). The Balaban J connectivity index is 1.29. The minimum absolute atomic E-state index is 0.0180. The number of nitrogens with one attached hydrogen (secondary N) is 2. The summed E-state index contributed by atoms with van der Waals surface area (Å²) in [5.74, 6) is 0.591. The molecule has 1 amide bonds. The Morgan fingerprint density at radius 3 is 2.70 bits per heavy atom. The van der Waals surface area contributed by atoms with E-state index in [1.807, 2.05) is 47.2 Å². The third-order valence-electron chi connectivity index (χ3n) is 4.99. The number of carbonyl (C=O) groups is 1. The van der Waals surface area contributed by atoms with Crippen molar-refractivity contribution in [1.82, 2.24) is 24.8 Å². The van der Waals surface area contributed by atoms with Crippen molar-refractivity contribution in [2.24, 2.45) is 0 Å². The second-order valence-corrected chi connectivity index (χ2v) is 7.16. The first-order valence-electron chi connectivity index (χ1n) is 9.96. The number of para-hydroxylation sites is 1. The van der Waals surface area contributed by atoms with Crippen LogP contribution in [0.25, 0.3) is 10.9 Å². The number of H-pyrrole nitrogens is 1. The van der Waals surface area contributed by atoms with Crippen LogP contribution in [-0.2, 0) is 24.3 Å². The molecule has 0 saturated carbocycles. The van der Waals surface area contributed by atoms with Gasteiger partial charge in [-0.3, -0.25) is 9.59 Å². The predicted molar refractivity (Wildman–Crippen MR) is 115 cm³/mol. The molecule has 0 bridgehead atoms. The van der Waals surface area contributed by atoms with Crippen LogP contribution >= 0.6 is 0 Å². The van der Waals surface area contributed by atoms with Gasteiger partial charge in [0, 0.05) is 38.3 Å². The van der Waals surface area contributed by atoms with E-state index in [9.17, 15) is 9.59 Å². The van der Waals surface area contributed by atoms with Gasteiger partial charge in [0.05, 0.1) is 17.2 Å². The number of aromatic nitrogens is 4. The third-order valence-corrected chi connectivity index (χ3v) is 4.99. The summed E-state index contributed by atoms with van der Waals surface area (Å²) in [5.41, 5.74) is 2.76. The highest BCUT2D eigenvalue weighted by Gasteiger charge is 2.07. The molecule has 2 aromatic carbocycles. The molecule has 4 aromatic rings. The molecule has 0 saturated heterocycles. The van der Waals surface area contributed by atoms with Crippen LogP contribution in [-0.4, -0.2) is 25.4 Å². The van der Waals surface area contributed by atoms with Crippen LogP contribution in [0.5, 0.6) is 0 Å². The molecule has 7 heteroatoms. The van der Waals surface area contributed by atoms with E-state index in [2.05, 4.69) is 26.3 Å². The molecule has 0 aliphatic carbocycles. The number of carbonyl (C=O) groups excluding carboxylic acids is 1. The zero-order chi connectivity index (χ0) is 20.8. The number of fused-ring (bicyclic) bond motifs is 1. The molecule has 0 spiro atoms. The molecule has 2 heterocycles. The SMILES string of the molecule is O=C(CCCc1nc2ccccc2c(=O)[nH]1)NCc1ccccc1Cn1ccnc1. The molecule has 0 fully saturated rings. The lowest BCUT2D eigenvalue weighted by atomic mass is 10.1. The van der Waals surface area contributed by atoms with Gasteiger partial charge in [-0.1, -0.05) is 36.4 Å². The summed E-state index contributed by atoms with van der Waals surface area (Å²) >= 11 is 0. The Bertz CT molecular complexity index is 1200. The van der Waals surface area contributed by atoms with E-state index in [0.717, 1.165) is 11.1 Å². The lowest BCUT2D eigenvalue weighted by Crippen LogP contribution is -2.23.